The average Bonchev–Trinajstić information content (AvgIpc) is 2.67. The van der Waals surface area contributed by atoms with Gasteiger partial charge in [0.25, 0.3) is 0 Å². The van der Waals surface area contributed by atoms with Gasteiger partial charge >= 0.3 is 11.9 Å². The largest absolute Gasteiger partial charge is 0.504 e. The number of esters is 2. The summed E-state index contributed by atoms with van der Waals surface area (Å²) in [7, 11) is 2.66. The highest BCUT2D eigenvalue weighted by molar-refractivity contribution is 5.87. The van der Waals surface area contributed by atoms with Crippen LogP contribution in [0.25, 0.3) is 6.08 Å². The first-order chi connectivity index (χ1) is 12.5. The molecule has 0 heterocycles. The fourth-order valence-corrected chi connectivity index (χ4v) is 2.15. The van der Waals surface area contributed by atoms with Crippen LogP contribution in [0.5, 0.6) is 17.2 Å². The van der Waals surface area contributed by atoms with E-state index in [1.165, 1.54) is 26.4 Å². The van der Waals surface area contributed by atoms with Crippen LogP contribution in [0.4, 0.5) is 0 Å². The van der Waals surface area contributed by atoms with Crippen molar-refractivity contribution in [1.29, 1.82) is 0 Å². The quantitative estimate of drug-likeness (QED) is 0.604. The second-order valence-electron chi connectivity index (χ2n) is 5.41. The number of rotatable bonds is 7. The first-order valence-electron chi connectivity index (χ1n) is 7.94. The minimum absolute atomic E-state index is 0.0185. The lowest BCUT2D eigenvalue weighted by molar-refractivity contribution is -0.140. The van der Waals surface area contributed by atoms with Crippen molar-refractivity contribution >= 4 is 18.0 Å². The zero-order valence-corrected chi connectivity index (χ0v) is 14.6. The summed E-state index contributed by atoms with van der Waals surface area (Å²) in [5, 5.41) is 9.95. The van der Waals surface area contributed by atoms with Crippen LogP contribution in [0.3, 0.4) is 0 Å². The molecule has 0 amide bonds. The van der Waals surface area contributed by atoms with Gasteiger partial charge in [0.05, 0.1) is 14.2 Å². The number of carbonyl (C=O) groups is 2. The highest BCUT2D eigenvalue weighted by Gasteiger charge is 2.06. The van der Waals surface area contributed by atoms with Gasteiger partial charge in [0.2, 0.25) is 0 Å². The van der Waals surface area contributed by atoms with E-state index < -0.39 is 5.97 Å². The van der Waals surface area contributed by atoms with E-state index in [1.54, 1.807) is 30.3 Å². The zero-order chi connectivity index (χ0) is 18.9. The van der Waals surface area contributed by atoms with E-state index in [9.17, 15) is 14.7 Å². The van der Waals surface area contributed by atoms with Crippen LogP contribution in [0.2, 0.25) is 0 Å². The number of ether oxygens (including phenoxy) is 3. The molecular weight excluding hydrogens is 336 g/mol. The number of aryl methyl sites for hydroxylation is 1. The van der Waals surface area contributed by atoms with E-state index in [1.807, 2.05) is 12.1 Å². The van der Waals surface area contributed by atoms with E-state index in [4.69, 9.17) is 4.74 Å². The number of benzene rings is 2. The summed E-state index contributed by atoms with van der Waals surface area (Å²) >= 11 is 0. The number of phenols is 1. The lowest BCUT2D eigenvalue weighted by Crippen LogP contribution is -2.01. The van der Waals surface area contributed by atoms with E-state index >= 15 is 0 Å². The lowest BCUT2D eigenvalue weighted by Gasteiger charge is -2.09. The third-order valence-corrected chi connectivity index (χ3v) is 3.59. The molecule has 1 N–H and O–H groups in total. The summed E-state index contributed by atoms with van der Waals surface area (Å²) in [6, 6.07) is 11.9. The zero-order valence-electron chi connectivity index (χ0n) is 14.6. The van der Waals surface area contributed by atoms with Gasteiger partial charge in [-0.05, 0) is 47.9 Å². The molecule has 0 aliphatic heterocycles. The van der Waals surface area contributed by atoms with Gasteiger partial charge in [0, 0.05) is 12.5 Å². The number of phenolic OH excluding ortho intramolecular Hbond substituents is 1. The van der Waals surface area contributed by atoms with Crippen molar-refractivity contribution in [3.63, 3.8) is 0 Å². The first kappa shape index (κ1) is 19.1. The van der Waals surface area contributed by atoms with E-state index in [0.29, 0.717) is 24.2 Å². The molecule has 2 rings (SSSR count). The van der Waals surface area contributed by atoms with Gasteiger partial charge in [0.15, 0.2) is 11.5 Å². The molecule has 6 heteroatoms. The smallest absolute Gasteiger partial charge is 0.330 e. The first-order valence-corrected chi connectivity index (χ1v) is 7.94. The monoisotopic (exact) mass is 356 g/mol. The van der Waals surface area contributed by atoms with Gasteiger partial charge in [-0.2, -0.15) is 0 Å². The van der Waals surface area contributed by atoms with Gasteiger partial charge in [-0.25, -0.2) is 4.79 Å². The predicted molar refractivity (Wildman–Crippen MR) is 96.0 cm³/mol. The van der Waals surface area contributed by atoms with Crippen LogP contribution in [0.1, 0.15) is 17.5 Å². The Kier molecular flexibility index (Phi) is 6.79. The molecule has 0 aliphatic carbocycles. The summed E-state index contributed by atoms with van der Waals surface area (Å²) in [6.45, 7) is 0. The highest BCUT2D eigenvalue weighted by Crippen LogP contribution is 2.32. The van der Waals surface area contributed by atoms with Gasteiger partial charge in [-0.1, -0.05) is 18.2 Å². The van der Waals surface area contributed by atoms with Crippen LogP contribution >= 0.6 is 0 Å². The summed E-state index contributed by atoms with van der Waals surface area (Å²) in [4.78, 5) is 22.3. The van der Waals surface area contributed by atoms with Crippen LogP contribution in [0, 0.1) is 0 Å². The normalized spacial score (nSPS) is 10.5. The molecule has 0 saturated carbocycles. The third-order valence-electron chi connectivity index (χ3n) is 3.59. The summed E-state index contributed by atoms with van der Waals surface area (Å²) in [5.74, 6) is 0.0562. The van der Waals surface area contributed by atoms with E-state index in [2.05, 4.69) is 9.47 Å². The Morgan fingerprint density at radius 3 is 2.42 bits per heavy atom. The van der Waals surface area contributed by atoms with Gasteiger partial charge in [-0.15, -0.1) is 0 Å². The fourth-order valence-electron chi connectivity index (χ4n) is 2.15. The Morgan fingerprint density at radius 1 is 1.04 bits per heavy atom. The molecule has 6 nitrogen and oxygen atoms in total. The molecule has 136 valence electrons. The maximum atomic E-state index is 11.2. The van der Waals surface area contributed by atoms with Gasteiger partial charge < -0.3 is 19.3 Å². The topological polar surface area (TPSA) is 82.1 Å². The van der Waals surface area contributed by atoms with Crippen molar-refractivity contribution < 1.29 is 28.9 Å². The molecule has 0 unspecified atom stereocenters. The molecule has 0 spiro atoms. The third kappa shape index (κ3) is 5.66. The molecule has 0 saturated heterocycles. The molecule has 0 atom stereocenters. The Morgan fingerprint density at radius 2 is 1.77 bits per heavy atom. The Hall–Kier alpha value is -3.28. The van der Waals surface area contributed by atoms with E-state index in [-0.39, 0.29) is 17.5 Å². The Labute approximate surface area is 151 Å². The standard InChI is InChI=1S/C20H20O6/c1-24-19(22)11-6-14-3-8-16(9-4-14)26-18-13-15(5-10-17(18)21)7-12-20(23)25-2/h3-5,7-10,12-13,21H,6,11H2,1-2H3/b12-7+. The molecule has 0 radical (unpaired) electrons. The minimum Gasteiger partial charge on any atom is -0.504 e. The number of hydrogen-bond donors (Lipinski definition) is 1. The number of methoxy groups -OCH3 is 2. The van der Waals surface area contributed by atoms with Crippen LogP contribution in [-0.2, 0) is 25.5 Å². The highest BCUT2D eigenvalue weighted by atomic mass is 16.5. The number of carbonyl (C=O) groups excluding carboxylic acids is 2. The molecule has 26 heavy (non-hydrogen) atoms. The molecule has 0 aliphatic rings. The second-order valence-corrected chi connectivity index (χ2v) is 5.41. The van der Waals surface area contributed by atoms with Crippen LogP contribution in [-0.4, -0.2) is 31.3 Å². The van der Waals surface area contributed by atoms with Crippen molar-refractivity contribution in [2.45, 2.75) is 12.8 Å². The van der Waals surface area contributed by atoms with Crippen molar-refractivity contribution in [1.82, 2.24) is 0 Å². The van der Waals surface area contributed by atoms with E-state index in [0.717, 1.165) is 5.56 Å². The lowest BCUT2D eigenvalue weighted by atomic mass is 10.1. The molecule has 0 bridgehead atoms. The SMILES string of the molecule is COC(=O)/C=C/c1ccc(O)c(Oc2ccc(CCC(=O)OC)cc2)c1. The van der Waals surface area contributed by atoms with Crippen molar-refractivity contribution in [3.8, 4) is 17.2 Å². The average molecular weight is 356 g/mol. The summed E-state index contributed by atoms with van der Waals surface area (Å²) in [5.41, 5.74) is 1.65. The molecule has 0 fully saturated rings. The number of hydrogen-bond acceptors (Lipinski definition) is 6. The fraction of sp³-hybridized carbons (Fsp3) is 0.200. The molecule has 2 aromatic rings. The van der Waals surface area contributed by atoms with Gasteiger partial charge in [0.1, 0.15) is 5.75 Å². The maximum Gasteiger partial charge on any atom is 0.330 e. The molecule has 0 aromatic heterocycles. The summed E-state index contributed by atoms with van der Waals surface area (Å²) < 4.78 is 14.8. The minimum atomic E-state index is -0.469. The maximum absolute atomic E-state index is 11.2. The Bertz CT molecular complexity index is 792. The van der Waals surface area contributed by atoms with Crippen molar-refractivity contribution in [2.24, 2.45) is 0 Å². The predicted octanol–water partition coefficient (Wildman–Crippen LogP) is 3.48. The number of aromatic hydroxyl groups is 1. The van der Waals surface area contributed by atoms with Crippen molar-refractivity contribution in [3.05, 3.63) is 59.7 Å². The summed E-state index contributed by atoms with van der Waals surface area (Å²) in [6.07, 6.45) is 3.73. The van der Waals surface area contributed by atoms with Crippen molar-refractivity contribution in [2.75, 3.05) is 14.2 Å². The second kappa shape index (κ2) is 9.27. The van der Waals surface area contributed by atoms with Crippen LogP contribution < -0.4 is 4.74 Å². The van der Waals surface area contributed by atoms with Crippen LogP contribution in [0.15, 0.2) is 48.5 Å². The molecular formula is C20H20O6. The Balaban J connectivity index is 2.06. The molecule has 2 aromatic carbocycles. The van der Waals surface area contributed by atoms with Gasteiger partial charge in [-0.3, -0.25) is 4.79 Å².